The van der Waals surface area contributed by atoms with E-state index in [-0.39, 0.29) is 11.8 Å². The zero-order valence-corrected chi connectivity index (χ0v) is 22.1. The van der Waals surface area contributed by atoms with E-state index in [0.29, 0.717) is 12.8 Å². The van der Waals surface area contributed by atoms with Crippen LogP contribution in [0, 0.1) is 11.8 Å². The molecule has 0 fully saturated rings. The Kier molecular flexibility index (Phi) is 6.53. The van der Waals surface area contributed by atoms with Crippen molar-refractivity contribution in [3.8, 4) is 0 Å². The highest BCUT2D eigenvalue weighted by molar-refractivity contribution is 6.20. The lowest BCUT2D eigenvalue weighted by atomic mass is 9.70. The standard InChI is InChI=1S/C33H30N4O2/c1-3-27-30(32(38)36(34-27)23-16-7-5-8-17-23)29(26-21-13-15-22-14-11-12-20-25(22)26)31-28(4-2)35-37(33(31)39)24-18-9-6-10-19-24/h5-21,29-31H,3-4H2,1-2H3. The average Bonchev–Trinajstić information content (AvgIpc) is 3.50. The fourth-order valence-corrected chi connectivity index (χ4v) is 5.93. The number of carbonyl (C=O) groups excluding carboxylic acids is 2. The molecule has 0 saturated heterocycles. The van der Waals surface area contributed by atoms with Crippen molar-refractivity contribution in [3.63, 3.8) is 0 Å². The van der Waals surface area contributed by atoms with Crippen LogP contribution >= 0.6 is 0 Å². The summed E-state index contributed by atoms with van der Waals surface area (Å²) >= 11 is 0. The molecule has 2 aliphatic heterocycles. The normalized spacial score (nSPS) is 19.9. The van der Waals surface area contributed by atoms with Crippen LogP contribution in [-0.2, 0) is 9.59 Å². The minimum atomic E-state index is -0.595. The van der Waals surface area contributed by atoms with Crippen molar-refractivity contribution in [1.29, 1.82) is 0 Å². The fraction of sp³-hybridized carbons (Fsp3) is 0.212. The number of carbonyl (C=O) groups is 2. The first-order chi connectivity index (χ1) is 19.1. The van der Waals surface area contributed by atoms with E-state index < -0.39 is 17.8 Å². The van der Waals surface area contributed by atoms with Crippen LogP contribution in [0.2, 0.25) is 0 Å². The van der Waals surface area contributed by atoms with Crippen LogP contribution < -0.4 is 10.0 Å². The summed E-state index contributed by atoms with van der Waals surface area (Å²) in [5, 5.41) is 14.8. The van der Waals surface area contributed by atoms with Gasteiger partial charge in [-0.05, 0) is 53.4 Å². The van der Waals surface area contributed by atoms with E-state index in [2.05, 4.69) is 24.3 Å². The first-order valence-corrected chi connectivity index (χ1v) is 13.5. The Hall–Kier alpha value is -4.58. The quantitative estimate of drug-likeness (QED) is 0.273. The van der Waals surface area contributed by atoms with Gasteiger partial charge in [0.25, 0.3) is 11.8 Å². The van der Waals surface area contributed by atoms with Gasteiger partial charge in [-0.1, -0.05) is 92.7 Å². The summed E-state index contributed by atoms with van der Waals surface area (Å²) in [5.41, 5.74) is 3.98. The molecule has 2 amide bonds. The number of hydrogen-bond donors (Lipinski definition) is 0. The lowest BCUT2D eigenvalue weighted by Gasteiger charge is -2.30. The van der Waals surface area contributed by atoms with Gasteiger partial charge in [0, 0.05) is 5.92 Å². The lowest BCUT2D eigenvalue weighted by Crippen LogP contribution is -2.41. The third kappa shape index (κ3) is 4.22. The summed E-state index contributed by atoms with van der Waals surface area (Å²) in [4.78, 5) is 28.6. The Balaban J connectivity index is 1.53. The van der Waals surface area contributed by atoms with Gasteiger partial charge in [0.05, 0.1) is 34.6 Å². The second-order valence-corrected chi connectivity index (χ2v) is 9.91. The van der Waals surface area contributed by atoms with Crippen LogP contribution in [0.15, 0.2) is 113 Å². The molecule has 2 aliphatic rings. The topological polar surface area (TPSA) is 65.3 Å². The van der Waals surface area contributed by atoms with Crippen LogP contribution in [0.25, 0.3) is 10.8 Å². The molecule has 2 atom stereocenters. The second-order valence-electron chi connectivity index (χ2n) is 9.91. The van der Waals surface area contributed by atoms with Crippen LogP contribution in [0.4, 0.5) is 11.4 Å². The van der Waals surface area contributed by atoms with Gasteiger partial charge in [0.1, 0.15) is 0 Å². The molecular weight excluding hydrogens is 484 g/mol. The van der Waals surface area contributed by atoms with Crippen LogP contribution in [0.5, 0.6) is 0 Å². The number of benzene rings is 4. The van der Waals surface area contributed by atoms with Crippen LogP contribution in [0.1, 0.15) is 38.2 Å². The molecule has 194 valence electrons. The predicted molar refractivity (Wildman–Crippen MR) is 157 cm³/mol. The van der Waals surface area contributed by atoms with Crippen molar-refractivity contribution in [1.82, 2.24) is 0 Å². The summed E-state index contributed by atoms with van der Waals surface area (Å²) in [7, 11) is 0. The zero-order valence-electron chi connectivity index (χ0n) is 22.1. The van der Waals surface area contributed by atoms with E-state index in [4.69, 9.17) is 10.2 Å². The largest absolute Gasteiger partial charge is 0.272 e. The molecular formula is C33H30N4O2. The van der Waals surface area contributed by atoms with Crippen LogP contribution in [0.3, 0.4) is 0 Å². The molecule has 2 unspecified atom stereocenters. The van der Waals surface area contributed by atoms with Gasteiger partial charge >= 0.3 is 0 Å². The number of fused-ring (bicyclic) bond motifs is 1. The molecule has 4 aromatic rings. The first kappa shape index (κ1) is 24.7. The Bertz CT molecular complexity index is 1510. The van der Waals surface area contributed by atoms with Crippen LogP contribution in [-0.4, -0.2) is 23.2 Å². The minimum Gasteiger partial charge on any atom is -0.272 e. The minimum absolute atomic E-state index is 0.114. The molecule has 0 N–H and O–H groups in total. The van der Waals surface area contributed by atoms with E-state index in [1.54, 1.807) is 0 Å². The molecule has 6 nitrogen and oxygen atoms in total. The summed E-state index contributed by atoms with van der Waals surface area (Å²) in [5.74, 6) is -1.88. The van der Waals surface area contributed by atoms with Gasteiger partial charge in [0.15, 0.2) is 0 Å². The number of rotatable bonds is 7. The summed E-state index contributed by atoms with van der Waals surface area (Å²) in [6, 6.07) is 33.3. The zero-order chi connectivity index (χ0) is 26.9. The monoisotopic (exact) mass is 514 g/mol. The maximum atomic E-state index is 14.3. The van der Waals surface area contributed by atoms with Gasteiger partial charge in [-0.15, -0.1) is 0 Å². The third-order valence-electron chi connectivity index (χ3n) is 7.75. The average molecular weight is 515 g/mol. The van der Waals surface area contributed by atoms with Gasteiger partial charge in [-0.3, -0.25) is 9.59 Å². The summed E-state index contributed by atoms with van der Waals surface area (Å²) in [6.45, 7) is 4.05. The van der Waals surface area contributed by atoms with Gasteiger partial charge < -0.3 is 0 Å². The number of anilines is 2. The van der Waals surface area contributed by atoms with Crippen molar-refractivity contribution in [3.05, 3.63) is 109 Å². The number of nitrogens with zero attached hydrogens (tertiary/aromatic N) is 4. The van der Waals surface area contributed by atoms with E-state index in [1.165, 1.54) is 10.0 Å². The van der Waals surface area contributed by atoms with Crippen molar-refractivity contribution >= 4 is 45.4 Å². The smallest absolute Gasteiger partial charge is 0.256 e. The number of hydrogen-bond acceptors (Lipinski definition) is 4. The number of hydrazone groups is 2. The van der Waals surface area contributed by atoms with E-state index in [9.17, 15) is 9.59 Å². The van der Waals surface area contributed by atoms with Gasteiger partial charge in [-0.25, -0.2) is 10.0 Å². The lowest BCUT2D eigenvalue weighted by molar-refractivity contribution is -0.122. The molecule has 2 heterocycles. The summed E-state index contributed by atoms with van der Waals surface area (Å²) in [6.07, 6.45) is 1.20. The highest BCUT2D eigenvalue weighted by atomic mass is 16.2. The molecule has 0 aliphatic carbocycles. The first-order valence-electron chi connectivity index (χ1n) is 13.5. The van der Waals surface area contributed by atoms with Crippen molar-refractivity contribution in [2.24, 2.45) is 22.0 Å². The number of para-hydroxylation sites is 2. The van der Waals surface area contributed by atoms with Crippen molar-refractivity contribution in [2.75, 3.05) is 10.0 Å². The van der Waals surface area contributed by atoms with E-state index in [1.807, 2.05) is 92.7 Å². The molecule has 0 spiro atoms. The molecule has 6 heteroatoms. The maximum Gasteiger partial charge on any atom is 0.256 e. The third-order valence-corrected chi connectivity index (χ3v) is 7.75. The fourth-order valence-electron chi connectivity index (χ4n) is 5.93. The molecule has 0 radical (unpaired) electrons. The van der Waals surface area contributed by atoms with Crippen molar-refractivity contribution < 1.29 is 9.59 Å². The Morgan fingerprint density at radius 3 is 1.59 bits per heavy atom. The van der Waals surface area contributed by atoms with E-state index in [0.717, 1.165) is 39.1 Å². The maximum absolute atomic E-state index is 14.3. The molecule has 0 bridgehead atoms. The van der Waals surface area contributed by atoms with Crippen molar-refractivity contribution in [2.45, 2.75) is 32.6 Å². The van der Waals surface area contributed by atoms with Gasteiger partial charge in [0.2, 0.25) is 0 Å². The Labute approximate surface area is 228 Å². The van der Waals surface area contributed by atoms with Gasteiger partial charge in [-0.2, -0.15) is 10.2 Å². The molecule has 39 heavy (non-hydrogen) atoms. The highest BCUT2D eigenvalue weighted by Crippen LogP contribution is 2.45. The molecule has 0 aromatic heterocycles. The number of amides is 2. The van der Waals surface area contributed by atoms with E-state index >= 15 is 0 Å². The SMILES string of the molecule is CCC1=NN(c2ccccc2)C(=O)C1C(c1cccc2ccccc12)C1C(=O)N(c2ccccc2)N=C1CC. The summed E-state index contributed by atoms with van der Waals surface area (Å²) < 4.78 is 0. The highest BCUT2D eigenvalue weighted by Gasteiger charge is 2.51. The molecule has 0 saturated carbocycles. The predicted octanol–water partition coefficient (Wildman–Crippen LogP) is 6.78. The Morgan fingerprint density at radius 2 is 1.08 bits per heavy atom. The second kappa shape index (κ2) is 10.3. The Morgan fingerprint density at radius 1 is 0.615 bits per heavy atom. The molecule has 6 rings (SSSR count). The molecule has 4 aromatic carbocycles.